The first kappa shape index (κ1) is 30.9. The van der Waals surface area contributed by atoms with E-state index in [9.17, 15) is 18.0 Å². The average molecular weight is 501 g/mol. The number of ether oxygens (including phenoxy) is 1. The molecule has 2 aromatic heterocycles. The molecule has 0 aliphatic heterocycles. The summed E-state index contributed by atoms with van der Waals surface area (Å²) < 4.78 is 41.8. The van der Waals surface area contributed by atoms with Crippen molar-refractivity contribution in [2.75, 3.05) is 11.8 Å². The van der Waals surface area contributed by atoms with Crippen molar-refractivity contribution in [1.29, 1.82) is 0 Å². The number of alkyl halides is 3. The van der Waals surface area contributed by atoms with E-state index in [2.05, 4.69) is 14.8 Å². The van der Waals surface area contributed by atoms with Gasteiger partial charge in [-0.2, -0.15) is 18.3 Å². The molecule has 2 heterocycles. The molecule has 0 saturated heterocycles. The van der Waals surface area contributed by atoms with E-state index in [0.717, 1.165) is 27.2 Å². The zero-order chi connectivity index (χ0) is 26.3. The van der Waals surface area contributed by atoms with Gasteiger partial charge in [0.25, 0.3) is 0 Å². The number of hydrogen-bond acceptors (Lipinski definition) is 7. The van der Waals surface area contributed by atoms with Crippen LogP contribution in [0.15, 0.2) is 41.6 Å². The largest absolute Gasteiger partial charge is 0.494 e. The highest BCUT2D eigenvalue weighted by molar-refractivity contribution is 8.00. The van der Waals surface area contributed by atoms with Gasteiger partial charge < -0.3 is 9.46 Å². The van der Waals surface area contributed by atoms with Crippen molar-refractivity contribution in [3.63, 3.8) is 0 Å². The number of pyridine rings is 1. The van der Waals surface area contributed by atoms with Crippen LogP contribution in [0.2, 0.25) is 0 Å². The van der Waals surface area contributed by atoms with Crippen LogP contribution in [-0.4, -0.2) is 40.1 Å². The van der Waals surface area contributed by atoms with Crippen LogP contribution in [0.3, 0.4) is 0 Å². The van der Waals surface area contributed by atoms with Gasteiger partial charge in [-0.1, -0.05) is 34.6 Å². The Morgan fingerprint density at radius 1 is 1.15 bits per heavy atom. The molecule has 0 saturated carbocycles. The van der Waals surface area contributed by atoms with Crippen molar-refractivity contribution < 1.29 is 27.5 Å². The number of aromatic nitrogens is 3. The number of nitrogens with one attached hydrogen (secondary N) is 1. The van der Waals surface area contributed by atoms with Gasteiger partial charge in [0.05, 0.1) is 18.8 Å². The normalized spacial score (nSPS) is 9.94. The summed E-state index contributed by atoms with van der Waals surface area (Å²) in [6, 6.07) is 7.51. The maximum atomic E-state index is 11.6. The smallest absolute Gasteiger partial charge is 0.446 e. The van der Waals surface area contributed by atoms with Gasteiger partial charge in [-0.3, -0.25) is 19.3 Å². The zero-order valence-corrected chi connectivity index (χ0v) is 21.2. The minimum absolute atomic E-state index is 0.0424. The van der Waals surface area contributed by atoms with Gasteiger partial charge in [0.2, 0.25) is 6.29 Å². The Kier molecular flexibility index (Phi) is 14.3. The SMILES string of the molecule is CC.CC.CCC(=O)c1ccc(SNc2c(OC)ccc3cnn(C)c23)cn1.O=CC(F)(F)F. The fraction of sp³-hybridized carbons (Fsp3) is 0.391. The number of halogens is 3. The van der Waals surface area contributed by atoms with E-state index in [-0.39, 0.29) is 5.78 Å². The monoisotopic (exact) mass is 500 g/mol. The molecule has 34 heavy (non-hydrogen) atoms. The highest BCUT2D eigenvalue weighted by Crippen LogP contribution is 2.35. The van der Waals surface area contributed by atoms with E-state index >= 15 is 0 Å². The maximum absolute atomic E-state index is 11.6. The molecule has 0 atom stereocenters. The molecule has 7 nitrogen and oxygen atoms in total. The number of hydrogen-bond donors (Lipinski definition) is 1. The molecule has 0 radical (unpaired) electrons. The summed E-state index contributed by atoms with van der Waals surface area (Å²) in [7, 11) is 3.53. The van der Waals surface area contributed by atoms with Crippen LogP contribution >= 0.6 is 11.9 Å². The highest BCUT2D eigenvalue weighted by atomic mass is 32.2. The molecule has 11 heteroatoms. The maximum Gasteiger partial charge on any atom is 0.446 e. The molecule has 0 aliphatic carbocycles. The lowest BCUT2D eigenvalue weighted by Crippen LogP contribution is -2.07. The van der Waals surface area contributed by atoms with Crippen LogP contribution in [-0.2, 0) is 11.8 Å². The van der Waals surface area contributed by atoms with Gasteiger partial charge >= 0.3 is 6.18 Å². The van der Waals surface area contributed by atoms with E-state index in [1.165, 1.54) is 11.9 Å². The molecule has 0 fully saturated rings. The predicted octanol–water partition coefficient (Wildman–Crippen LogP) is 6.49. The third-order valence-electron chi connectivity index (χ3n) is 3.83. The summed E-state index contributed by atoms with van der Waals surface area (Å²) in [6.45, 7) is 9.83. The van der Waals surface area contributed by atoms with Crippen LogP contribution in [0.1, 0.15) is 51.5 Å². The Morgan fingerprint density at radius 3 is 2.24 bits per heavy atom. The minimum atomic E-state index is -4.64. The van der Waals surface area contributed by atoms with E-state index in [0.29, 0.717) is 12.1 Å². The number of methoxy groups -OCH3 is 1. The third kappa shape index (κ3) is 9.42. The number of aryl methyl sites for hydroxylation is 1. The van der Waals surface area contributed by atoms with Gasteiger partial charge in [-0.25, -0.2) is 0 Å². The molecule has 0 aliphatic rings. The van der Waals surface area contributed by atoms with Gasteiger partial charge in [0.15, 0.2) is 5.78 Å². The highest BCUT2D eigenvalue weighted by Gasteiger charge is 2.24. The first-order chi connectivity index (χ1) is 16.2. The molecule has 188 valence electrons. The van der Waals surface area contributed by atoms with E-state index in [1.54, 1.807) is 19.4 Å². The van der Waals surface area contributed by atoms with Crippen molar-refractivity contribution in [1.82, 2.24) is 14.8 Å². The quantitative estimate of drug-likeness (QED) is 0.235. The minimum Gasteiger partial charge on any atom is -0.494 e. The Morgan fingerprint density at radius 2 is 1.76 bits per heavy atom. The number of nitrogens with zero attached hydrogens (tertiary/aromatic N) is 3. The number of benzene rings is 1. The summed E-state index contributed by atoms with van der Waals surface area (Å²) in [5.74, 6) is 0.783. The van der Waals surface area contributed by atoms with Crippen molar-refractivity contribution >= 4 is 40.6 Å². The number of carbonyl (C=O) groups is 2. The Labute approximate surface area is 202 Å². The number of anilines is 1. The fourth-order valence-corrected chi connectivity index (χ4v) is 3.07. The molecular weight excluding hydrogens is 469 g/mol. The Balaban J connectivity index is 0.000000938. The summed E-state index contributed by atoms with van der Waals surface area (Å²) in [4.78, 5) is 25.5. The summed E-state index contributed by atoms with van der Waals surface area (Å²) in [5, 5.41) is 5.32. The Bertz CT molecular complexity index is 1020. The van der Waals surface area contributed by atoms with Crippen LogP contribution in [0.4, 0.5) is 18.9 Å². The fourth-order valence-electron chi connectivity index (χ4n) is 2.41. The number of rotatable bonds is 6. The van der Waals surface area contributed by atoms with E-state index < -0.39 is 12.5 Å². The predicted molar refractivity (Wildman–Crippen MR) is 130 cm³/mol. The number of fused-ring (bicyclic) bond motifs is 1. The van der Waals surface area contributed by atoms with Crippen LogP contribution in [0.5, 0.6) is 5.75 Å². The topological polar surface area (TPSA) is 86.1 Å². The van der Waals surface area contributed by atoms with Gasteiger partial charge in [0.1, 0.15) is 17.1 Å². The lowest BCUT2D eigenvalue weighted by Gasteiger charge is -2.12. The van der Waals surface area contributed by atoms with Crippen LogP contribution < -0.4 is 9.46 Å². The molecule has 0 bridgehead atoms. The van der Waals surface area contributed by atoms with E-state index in [4.69, 9.17) is 9.53 Å². The zero-order valence-electron chi connectivity index (χ0n) is 20.4. The van der Waals surface area contributed by atoms with Crippen molar-refractivity contribution in [3.8, 4) is 5.75 Å². The Hall–Kier alpha value is -3.08. The molecule has 3 rings (SSSR count). The third-order valence-corrected chi connectivity index (χ3v) is 4.62. The summed E-state index contributed by atoms with van der Waals surface area (Å²) in [6.07, 6.45) is -1.74. The molecule has 0 spiro atoms. The van der Waals surface area contributed by atoms with Crippen LogP contribution in [0, 0.1) is 0 Å². The van der Waals surface area contributed by atoms with Crippen LogP contribution in [0.25, 0.3) is 10.9 Å². The second-order valence-electron chi connectivity index (χ2n) is 5.87. The average Bonchev–Trinajstić information content (AvgIpc) is 3.25. The molecule has 0 unspecified atom stereocenters. The second-order valence-corrected chi connectivity index (χ2v) is 6.75. The number of ketones is 1. The number of aldehydes is 1. The van der Waals surface area contributed by atoms with Gasteiger partial charge in [0, 0.05) is 29.9 Å². The molecule has 3 aromatic rings. The molecule has 1 N–H and O–H groups in total. The summed E-state index contributed by atoms with van der Waals surface area (Å²) >= 11 is 1.41. The second kappa shape index (κ2) is 15.7. The van der Waals surface area contributed by atoms with Gasteiger partial charge in [-0.15, -0.1) is 0 Å². The first-order valence-electron chi connectivity index (χ1n) is 10.6. The lowest BCUT2D eigenvalue weighted by molar-refractivity contribution is -0.156. The van der Waals surface area contributed by atoms with Gasteiger partial charge in [-0.05, 0) is 36.2 Å². The molecular formula is C23H31F3N4O3S. The van der Waals surface area contributed by atoms with Crippen molar-refractivity contribution in [2.45, 2.75) is 52.1 Å². The number of Topliss-reactive ketones (excluding diaryl/α,β-unsaturated/α-hetero) is 1. The molecule has 1 aromatic carbocycles. The first-order valence-corrected chi connectivity index (χ1v) is 11.5. The summed E-state index contributed by atoms with van der Waals surface area (Å²) in [5.41, 5.74) is 2.31. The van der Waals surface area contributed by atoms with Crippen molar-refractivity contribution in [2.24, 2.45) is 7.05 Å². The standard InChI is InChI=1S/C17H18N4O2S.C2HF3O.2C2H6/c1-4-14(22)13-7-6-12(10-18-13)24-20-16-15(23-3)8-5-11-9-19-21(2)17(11)16;3-2(4,5)1-6;2*1-2/h5-10,20H,4H2,1-3H3;1H;2*1-2H3. The van der Waals surface area contributed by atoms with E-state index in [1.807, 2.05) is 70.7 Å². The molecule has 0 amide bonds. The van der Waals surface area contributed by atoms with Crippen molar-refractivity contribution in [3.05, 3.63) is 42.4 Å². The number of carbonyl (C=O) groups excluding carboxylic acids is 2. The lowest BCUT2D eigenvalue weighted by atomic mass is 10.2.